The largest absolute Gasteiger partial charge is 0.489 e. The van der Waals surface area contributed by atoms with E-state index in [0.29, 0.717) is 19.8 Å². The highest BCUT2D eigenvalue weighted by molar-refractivity contribution is 9.10. The molecule has 0 atom stereocenters. The summed E-state index contributed by atoms with van der Waals surface area (Å²) in [5.41, 5.74) is 2.17. The summed E-state index contributed by atoms with van der Waals surface area (Å²) in [6.07, 6.45) is -0.226. The van der Waals surface area contributed by atoms with Crippen LogP contribution in [0.3, 0.4) is 0 Å². The smallest absolute Gasteiger partial charge is 0.184 e. The first kappa shape index (κ1) is 13.6. The first-order valence-corrected chi connectivity index (χ1v) is 7.31. The zero-order valence-electron chi connectivity index (χ0n) is 10.9. The van der Waals surface area contributed by atoms with Gasteiger partial charge < -0.3 is 14.2 Å². The molecular weight excluding hydrogens is 320 g/mol. The Balaban J connectivity index is 1.59. The molecule has 3 rings (SSSR count). The number of benzene rings is 2. The van der Waals surface area contributed by atoms with Crippen LogP contribution in [0.4, 0.5) is 0 Å². The summed E-state index contributed by atoms with van der Waals surface area (Å²) in [6, 6.07) is 15.9. The van der Waals surface area contributed by atoms with Crippen molar-refractivity contribution in [3.8, 4) is 5.75 Å². The highest BCUT2D eigenvalue weighted by Crippen LogP contribution is 2.25. The van der Waals surface area contributed by atoms with Gasteiger partial charge in [-0.3, -0.25) is 0 Å². The van der Waals surface area contributed by atoms with E-state index in [2.05, 4.69) is 15.9 Å². The van der Waals surface area contributed by atoms with Crippen LogP contribution in [0, 0.1) is 0 Å². The lowest BCUT2D eigenvalue weighted by Gasteiger charge is -2.11. The van der Waals surface area contributed by atoms with Crippen LogP contribution in [0.15, 0.2) is 53.0 Å². The van der Waals surface area contributed by atoms with Crippen LogP contribution in [0.5, 0.6) is 5.75 Å². The molecule has 1 fully saturated rings. The van der Waals surface area contributed by atoms with E-state index in [1.165, 1.54) is 0 Å². The molecule has 0 unspecified atom stereocenters. The molecule has 20 heavy (non-hydrogen) atoms. The number of rotatable bonds is 4. The standard InChI is InChI=1S/C16H15BrO3/c17-14-5-1-12(2-6-14)11-20-15-7-3-13(4-8-15)16-18-9-10-19-16/h1-8,16H,9-11H2. The van der Waals surface area contributed by atoms with Gasteiger partial charge in [0.05, 0.1) is 13.2 Å². The van der Waals surface area contributed by atoms with E-state index in [1.54, 1.807) is 0 Å². The van der Waals surface area contributed by atoms with Gasteiger partial charge in [-0.2, -0.15) is 0 Å². The third kappa shape index (κ3) is 3.39. The molecule has 0 bridgehead atoms. The van der Waals surface area contributed by atoms with Gasteiger partial charge >= 0.3 is 0 Å². The van der Waals surface area contributed by atoms with Crippen LogP contribution >= 0.6 is 15.9 Å². The van der Waals surface area contributed by atoms with Gasteiger partial charge in [0.2, 0.25) is 0 Å². The monoisotopic (exact) mass is 334 g/mol. The fourth-order valence-corrected chi connectivity index (χ4v) is 2.28. The van der Waals surface area contributed by atoms with Crippen LogP contribution in [-0.2, 0) is 16.1 Å². The zero-order valence-corrected chi connectivity index (χ0v) is 12.5. The minimum atomic E-state index is -0.226. The summed E-state index contributed by atoms with van der Waals surface area (Å²) in [7, 11) is 0. The second kappa shape index (κ2) is 6.39. The highest BCUT2D eigenvalue weighted by Gasteiger charge is 2.17. The Bertz CT molecular complexity index is 545. The summed E-state index contributed by atoms with van der Waals surface area (Å²) >= 11 is 3.42. The quantitative estimate of drug-likeness (QED) is 0.843. The van der Waals surface area contributed by atoms with Crippen LogP contribution in [-0.4, -0.2) is 13.2 Å². The van der Waals surface area contributed by atoms with E-state index < -0.39 is 0 Å². The molecule has 1 aliphatic heterocycles. The molecule has 1 saturated heterocycles. The molecule has 2 aromatic rings. The molecular formula is C16H15BrO3. The summed E-state index contributed by atoms with van der Waals surface area (Å²) in [5.74, 6) is 0.842. The topological polar surface area (TPSA) is 27.7 Å². The van der Waals surface area contributed by atoms with Gasteiger partial charge in [0.25, 0.3) is 0 Å². The average molecular weight is 335 g/mol. The Morgan fingerprint density at radius 2 is 1.60 bits per heavy atom. The molecule has 0 saturated carbocycles. The minimum Gasteiger partial charge on any atom is -0.489 e. The van der Waals surface area contributed by atoms with Crippen LogP contribution in [0.1, 0.15) is 17.4 Å². The van der Waals surface area contributed by atoms with Crippen molar-refractivity contribution in [2.24, 2.45) is 0 Å². The first-order chi connectivity index (χ1) is 9.81. The van der Waals surface area contributed by atoms with Gasteiger partial charge in [0.1, 0.15) is 12.4 Å². The van der Waals surface area contributed by atoms with Crippen molar-refractivity contribution in [2.75, 3.05) is 13.2 Å². The molecule has 0 N–H and O–H groups in total. The van der Waals surface area contributed by atoms with E-state index in [1.807, 2.05) is 48.5 Å². The summed E-state index contributed by atoms with van der Waals surface area (Å²) in [4.78, 5) is 0. The van der Waals surface area contributed by atoms with E-state index >= 15 is 0 Å². The van der Waals surface area contributed by atoms with Crippen LogP contribution < -0.4 is 4.74 Å². The second-order valence-corrected chi connectivity index (χ2v) is 5.47. The van der Waals surface area contributed by atoms with E-state index in [4.69, 9.17) is 14.2 Å². The van der Waals surface area contributed by atoms with Crippen molar-refractivity contribution in [1.82, 2.24) is 0 Å². The van der Waals surface area contributed by atoms with Gasteiger partial charge in [0, 0.05) is 10.0 Å². The summed E-state index contributed by atoms with van der Waals surface area (Å²) < 4.78 is 17.7. The van der Waals surface area contributed by atoms with Crippen molar-refractivity contribution in [1.29, 1.82) is 0 Å². The van der Waals surface area contributed by atoms with Crippen molar-refractivity contribution in [3.63, 3.8) is 0 Å². The predicted octanol–water partition coefficient (Wildman–Crippen LogP) is 4.07. The fourth-order valence-electron chi connectivity index (χ4n) is 2.02. The molecule has 1 aliphatic rings. The lowest BCUT2D eigenvalue weighted by molar-refractivity contribution is -0.0441. The summed E-state index contributed by atoms with van der Waals surface area (Å²) in [5, 5.41) is 0. The minimum absolute atomic E-state index is 0.226. The Hall–Kier alpha value is -1.36. The Morgan fingerprint density at radius 1 is 0.950 bits per heavy atom. The van der Waals surface area contributed by atoms with Gasteiger partial charge in [-0.05, 0) is 29.8 Å². The maximum atomic E-state index is 5.75. The van der Waals surface area contributed by atoms with Gasteiger partial charge in [-0.25, -0.2) is 0 Å². The molecule has 2 aromatic carbocycles. The SMILES string of the molecule is Brc1ccc(COc2ccc(C3OCCO3)cc2)cc1. The molecule has 3 nitrogen and oxygen atoms in total. The van der Waals surface area contributed by atoms with Crippen molar-refractivity contribution < 1.29 is 14.2 Å². The maximum Gasteiger partial charge on any atom is 0.184 e. The average Bonchev–Trinajstić information content (AvgIpc) is 3.01. The number of halogens is 1. The molecule has 4 heteroatoms. The zero-order chi connectivity index (χ0) is 13.8. The number of hydrogen-bond donors (Lipinski definition) is 0. The van der Waals surface area contributed by atoms with Gasteiger partial charge in [0.15, 0.2) is 6.29 Å². The third-order valence-corrected chi connectivity index (χ3v) is 3.62. The molecule has 104 valence electrons. The van der Waals surface area contributed by atoms with E-state index in [0.717, 1.165) is 21.3 Å². The van der Waals surface area contributed by atoms with Crippen molar-refractivity contribution >= 4 is 15.9 Å². The molecule has 0 aromatic heterocycles. The Morgan fingerprint density at radius 3 is 2.25 bits per heavy atom. The van der Waals surface area contributed by atoms with E-state index in [-0.39, 0.29) is 6.29 Å². The third-order valence-electron chi connectivity index (χ3n) is 3.09. The highest BCUT2D eigenvalue weighted by atomic mass is 79.9. The van der Waals surface area contributed by atoms with Crippen LogP contribution in [0.2, 0.25) is 0 Å². The fraction of sp³-hybridized carbons (Fsp3) is 0.250. The second-order valence-electron chi connectivity index (χ2n) is 4.56. The lowest BCUT2D eigenvalue weighted by Crippen LogP contribution is -1.99. The maximum absolute atomic E-state index is 5.75. The Kier molecular flexibility index (Phi) is 4.35. The molecule has 0 amide bonds. The number of ether oxygens (including phenoxy) is 3. The normalized spacial score (nSPS) is 15.4. The van der Waals surface area contributed by atoms with Crippen molar-refractivity contribution in [2.45, 2.75) is 12.9 Å². The first-order valence-electron chi connectivity index (χ1n) is 6.52. The van der Waals surface area contributed by atoms with E-state index in [9.17, 15) is 0 Å². The van der Waals surface area contributed by atoms with Crippen molar-refractivity contribution in [3.05, 3.63) is 64.1 Å². The van der Waals surface area contributed by atoms with Gasteiger partial charge in [-0.1, -0.05) is 40.2 Å². The van der Waals surface area contributed by atoms with Gasteiger partial charge in [-0.15, -0.1) is 0 Å². The number of hydrogen-bond acceptors (Lipinski definition) is 3. The molecule has 0 radical (unpaired) electrons. The molecule has 0 aliphatic carbocycles. The molecule has 0 spiro atoms. The summed E-state index contributed by atoms with van der Waals surface area (Å²) in [6.45, 7) is 1.88. The Labute approximate surface area is 126 Å². The predicted molar refractivity (Wildman–Crippen MR) is 79.6 cm³/mol. The van der Waals surface area contributed by atoms with Crippen LogP contribution in [0.25, 0.3) is 0 Å². The lowest BCUT2D eigenvalue weighted by atomic mass is 10.2. The molecule has 1 heterocycles.